The second kappa shape index (κ2) is 6.35. The summed E-state index contributed by atoms with van der Waals surface area (Å²) in [5.41, 5.74) is 2.22. The number of anilines is 1. The molecule has 2 heterocycles. The predicted molar refractivity (Wildman–Crippen MR) is 100.0 cm³/mol. The first-order valence-electron chi connectivity index (χ1n) is 8.94. The van der Waals surface area contributed by atoms with Crippen molar-refractivity contribution in [3.8, 4) is 0 Å². The van der Waals surface area contributed by atoms with E-state index in [2.05, 4.69) is 23.9 Å². The average Bonchev–Trinajstić information content (AvgIpc) is 2.75. The van der Waals surface area contributed by atoms with Crippen molar-refractivity contribution in [3.05, 3.63) is 53.8 Å². The van der Waals surface area contributed by atoms with Crippen LogP contribution in [0.3, 0.4) is 0 Å². The first-order valence-corrected chi connectivity index (χ1v) is 10.4. The van der Waals surface area contributed by atoms with Crippen molar-refractivity contribution in [3.63, 3.8) is 0 Å². The van der Waals surface area contributed by atoms with Crippen molar-refractivity contribution >= 4 is 15.5 Å². The van der Waals surface area contributed by atoms with Gasteiger partial charge in [-0.2, -0.15) is 0 Å². The van der Waals surface area contributed by atoms with Crippen molar-refractivity contribution in [2.24, 2.45) is 0 Å². The number of likely N-dealkylation sites (N-methyl/N-ethyl adjacent to an activating group) is 1. The fraction of sp³-hybridized carbons (Fsp3) is 0.400. The predicted octanol–water partition coefficient (Wildman–Crippen LogP) is 3.29. The average molecular weight is 374 g/mol. The Morgan fingerprint density at radius 2 is 1.73 bits per heavy atom. The van der Waals surface area contributed by atoms with Gasteiger partial charge in [0, 0.05) is 24.7 Å². The van der Waals surface area contributed by atoms with E-state index in [-0.39, 0.29) is 9.79 Å². The Morgan fingerprint density at radius 3 is 2.50 bits per heavy atom. The third kappa shape index (κ3) is 2.81. The molecule has 2 aliphatic heterocycles. The molecule has 1 saturated heterocycles. The summed E-state index contributed by atoms with van der Waals surface area (Å²) in [6, 6.07) is 11.0. The van der Waals surface area contributed by atoms with Crippen molar-refractivity contribution in [2.45, 2.75) is 34.6 Å². The Hall–Kier alpha value is -1.92. The highest BCUT2D eigenvalue weighted by molar-refractivity contribution is 7.91. The zero-order valence-electron chi connectivity index (χ0n) is 15.0. The maximum Gasteiger partial charge on any atom is 0.206 e. The molecule has 2 atom stereocenters. The summed E-state index contributed by atoms with van der Waals surface area (Å²) in [4.78, 5) is 4.87. The normalized spacial score (nSPS) is 23.4. The van der Waals surface area contributed by atoms with Crippen LogP contribution in [0, 0.1) is 5.82 Å². The molecule has 0 aliphatic carbocycles. The molecule has 138 valence electrons. The van der Waals surface area contributed by atoms with Gasteiger partial charge in [-0.25, -0.2) is 12.8 Å². The third-order valence-corrected chi connectivity index (χ3v) is 7.53. The fourth-order valence-corrected chi connectivity index (χ4v) is 5.64. The molecule has 2 aromatic rings. The van der Waals surface area contributed by atoms with Crippen LogP contribution in [0.5, 0.6) is 0 Å². The number of hydrogen-bond donors (Lipinski definition) is 0. The van der Waals surface area contributed by atoms with Gasteiger partial charge in [0.2, 0.25) is 9.84 Å². The first-order chi connectivity index (χ1) is 12.4. The third-order valence-electron chi connectivity index (χ3n) is 5.79. The van der Waals surface area contributed by atoms with Crippen LogP contribution in [-0.4, -0.2) is 46.5 Å². The van der Waals surface area contributed by atoms with Crippen LogP contribution in [0.4, 0.5) is 10.1 Å². The maximum atomic E-state index is 13.5. The quantitative estimate of drug-likeness (QED) is 0.809. The highest BCUT2D eigenvalue weighted by atomic mass is 32.2. The van der Waals surface area contributed by atoms with Crippen molar-refractivity contribution in [1.29, 1.82) is 0 Å². The molecule has 0 aromatic heterocycles. The minimum Gasteiger partial charge on any atom is -0.371 e. The van der Waals surface area contributed by atoms with Crippen molar-refractivity contribution in [2.75, 3.05) is 32.1 Å². The van der Waals surface area contributed by atoms with E-state index < -0.39 is 15.7 Å². The lowest BCUT2D eigenvalue weighted by Gasteiger charge is -2.25. The standard InChI is InChI=1S/C20H23FN2O2S/c1-22-10-8-17-18-13-16(6-7-19(18)23(2)20(17)9-11-22)26(24,25)15-5-3-4-14(21)12-15/h3-7,12-13,17,20H,8-11H2,1-2H3/t17-,20+/m0/s1. The summed E-state index contributed by atoms with van der Waals surface area (Å²) in [5.74, 6) is -0.207. The molecule has 4 nitrogen and oxygen atoms in total. The van der Waals surface area contributed by atoms with Gasteiger partial charge in [-0.1, -0.05) is 6.07 Å². The van der Waals surface area contributed by atoms with Gasteiger partial charge in [0.05, 0.1) is 9.79 Å². The molecule has 0 unspecified atom stereocenters. The lowest BCUT2D eigenvalue weighted by molar-refractivity contribution is 0.345. The number of halogens is 1. The number of rotatable bonds is 2. The fourth-order valence-electron chi connectivity index (χ4n) is 4.31. The Labute approximate surface area is 154 Å². The Kier molecular flexibility index (Phi) is 4.28. The van der Waals surface area contributed by atoms with E-state index in [9.17, 15) is 12.8 Å². The van der Waals surface area contributed by atoms with Gasteiger partial charge >= 0.3 is 0 Å². The zero-order valence-corrected chi connectivity index (χ0v) is 15.8. The number of nitrogens with zero attached hydrogens (tertiary/aromatic N) is 2. The minimum atomic E-state index is -3.73. The molecular weight excluding hydrogens is 351 g/mol. The van der Waals surface area contributed by atoms with Crippen LogP contribution in [0.25, 0.3) is 0 Å². The highest BCUT2D eigenvalue weighted by Crippen LogP contribution is 2.45. The molecule has 26 heavy (non-hydrogen) atoms. The van der Waals surface area contributed by atoms with Gasteiger partial charge in [0.25, 0.3) is 0 Å². The van der Waals surface area contributed by atoms with E-state index >= 15 is 0 Å². The van der Waals surface area contributed by atoms with E-state index in [1.165, 1.54) is 18.2 Å². The summed E-state index contributed by atoms with van der Waals surface area (Å²) in [7, 11) is 0.497. The molecule has 0 spiro atoms. The Balaban J connectivity index is 1.76. The molecule has 4 rings (SSSR count). The van der Waals surface area contributed by atoms with Gasteiger partial charge in [0.15, 0.2) is 0 Å². The highest BCUT2D eigenvalue weighted by Gasteiger charge is 2.38. The number of sulfone groups is 1. The van der Waals surface area contributed by atoms with Gasteiger partial charge in [-0.05, 0) is 74.9 Å². The lowest BCUT2D eigenvalue weighted by Crippen LogP contribution is -2.31. The van der Waals surface area contributed by atoms with Crippen LogP contribution in [0.15, 0.2) is 52.3 Å². The smallest absolute Gasteiger partial charge is 0.206 e. The molecule has 0 N–H and O–H groups in total. The van der Waals surface area contributed by atoms with E-state index in [0.29, 0.717) is 12.0 Å². The molecule has 1 fully saturated rings. The summed E-state index contributed by atoms with van der Waals surface area (Å²) < 4.78 is 39.4. The monoisotopic (exact) mass is 374 g/mol. The number of fused-ring (bicyclic) bond motifs is 3. The summed E-state index contributed by atoms with van der Waals surface area (Å²) in [6.45, 7) is 2.06. The number of hydrogen-bond acceptors (Lipinski definition) is 4. The summed E-state index contributed by atoms with van der Waals surface area (Å²) in [5, 5.41) is 0. The first kappa shape index (κ1) is 17.5. The molecular formula is C20H23FN2O2S. The largest absolute Gasteiger partial charge is 0.371 e. The topological polar surface area (TPSA) is 40.6 Å². The minimum absolute atomic E-state index is 0.000881. The molecule has 2 aromatic carbocycles. The molecule has 0 radical (unpaired) electrons. The Morgan fingerprint density at radius 1 is 1.00 bits per heavy atom. The van der Waals surface area contributed by atoms with E-state index in [1.807, 2.05) is 12.1 Å². The van der Waals surface area contributed by atoms with Gasteiger partial charge in [0.1, 0.15) is 5.82 Å². The molecule has 0 saturated carbocycles. The molecule has 0 amide bonds. The summed E-state index contributed by atoms with van der Waals surface area (Å²) >= 11 is 0. The van der Waals surface area contributed by atoms with Crippen LogP contribution in [0.1, 0.15) is 24.3 Å². The van der Waals surface area contributed by atoms with Crippen LogP contribution >= 0.6 is 0 Å². The second-order valence-electron chi connectivity index (χ2n) is 7.35. The number of likely N-dealkylation sites (tertiary alicyclic amines) is 1. The molecule has 2 aliphatic rings. The van der Waals surface area contributed by atoms with Crippen LogP contribution in [-0.2, 0) is 9.84 Å². The van der Waals surface area contributed by atoms with Gasteiger partial charge < -0.3 is 9.80 Å². The van der Waals surface area contributed by atoms with Crippen LogP contribution < -0.4 is 4.90 Å². The SMILES string of the molecule is CN1CC[C@@H]2[C@@H](CC1)c1cc(S(=O)(=O)c3cccc(F)c3)ccc1N2C. The lowest BCUT2D eigenvalue weighted by atomic mass is 9.91. The zero-order chi connectivity index (χ0) is 18.5. The number of benzene rings is 2. The van der Waals surface area contributed by atoms with Crippen molar-refractivity contribution in [1.82, 2.24) is 4.90 Å². The van der Waals surface area contributed by atoms with Crippen molar-refractivity contribution < 1.29 is 12.8 Å². The molecule has 6 heteroatoms. The van der Waals surface area contributed by atoms with Gasteiger partial charge in [-0.3, -0.25) is 0 Å². The van der Waals surface area contributed by atoms with Crippen LogP contribution in [0.2, 0.25) is 0 Å². The maximum absolute atomic E-state index is 13.5. The summed E-state index contributed by atoms with van der Waals surface area (Å²) in [6.07, 6.45) is 2.08. The van der Waals surface area contributed by atoms with E-state index in [1.54, 1.807) is 6.07 Å². The Bertz CT molecular complexity index is 945. The molecule has 0 bridgehead atoms. The van der Waals surface area contributed by atoms with E-state index in [0.717, 1.165) is 43.2 Å². The van der Waals surface area contributed by atoms with Gasteiger partial charge in [-0.15, -0.1) is 0 Å². The second-order valence-corrected chi connectivity index (χ2v) is 9.30. The van der Waals surface area contributed by atoms with E-state index in [4.69, 9.17) is 0 Å².